The fraction of sp³-hybridized carbons (Fsp3) is 0.333. The molecule has 98 valence electrons. The third-order valence-corrected chi connectivity index (χ3v) is 2.58. The molecule has 4 N–H and O–H groups in total. The van der Waals surface area contributed by atoms with Crippen molar-refractivity contribution < 1.29 is 10.0 Å². The average molecular weight is 270 g/mol. The molecule has 0 saturated carbocycles. The Morgan fingerprint density at radius 3 is 2.67 bits per heavy atom. The molecule has 1 rings (SSSR count). The maximum Gasteiger partial charge on any atom is 0.224 e. The zero-order valence-corrected chi connectivity index (χ0v) is 10.8. The summed E-state index contributed by atoms with van der Waals surface area (Å²) in [5, 5.41) is 14.7. The van der Waals surface area contributed by atoms with Gasteiger partial charge in [0, 0.05) is 17.5 Å². The van der Waals surface area contributed by atoms with Gasteiger partial charge in [0.25, 0.3) is 0 Å². The quantitative estimate of drug-likeness (QED) is 0.328. The number of nitrogens with one attached hydrogen (secondary N) is 1. The molecule has 5 nitrogen and oxygen atoms in total. The number of carbonyl (C=O) groups is 1. The molecule has 0 heterocycles. The number of carbonyl (C=O) groups excluding carboxylic acids is 1. The van der Waals surface area contributed by atoms with Crippen LogP contribution in [0.25, 0.3) is 0 Å². The fourth-order valence-electron chi connectivity index (χ4n) is 1.52. The molecule has 0 spiro atoms. The first-order valence-electron chi connectivity index (χ1n) is 5.51. The van der Waals surface area contributed by atoms with Crippen LogP contribution in [0.15, 0.2) is 29.4 Å². The van der Waals surface area contributed by atoms with Gasteiger partial charge in [0.15, 0.2) is 0 Å². The van der Waals surface area contributed by atoms with Crippen LogP contribution < -0.4 is 11.1 Å². The molecule has 1 amide bonds. The molecular weight excluding hydrogens is 254 g/mol. The largest absolute Gasteiger partial charge is 0.409 e. The van der Waals surface area contributed by atoms with Crippen molar-refractivity contribution in [3.05, 3.63) is 34.9 Å². The maximum atomic E-state index is 11.7. The minimum absolute atomic E-state index is 0.0919. The second-order valence-corrected chi connectivity index (χ2v) is 4.50. The number of nitrogens with zero attached hydrogens (tertiary/aromatic N) is 1. The highest BCUT2D eigenvalue weighted by molar-refractivity contribution is 6.30. The SMILES string of the molecule is CC(CC(N)=NO)NC(=O)Cc1ccc(Cl)cc1. The molecule has 0 fully saturated rings. The second-order valence-electron chi connectivity index (χ2n) is 4.07. The van der Waals surface area contributed by atoms with Crippen molar-refractivity contribution in [1.82, 2.24) is 5.32 Å². The van der Waals surface area contributed by atoms with Crippen LogP contribution in [-0.2, 0) is 11.2 Å². The Morgan fingerprint density at radius 2 is 2.11 bits per heavy atom. The van der Waals surface area contributed by atoms with Gasteiger partial charge in [-0.25, -0.2) is 0 Å². The monoisotopic (exact) mass is 269 g/mol. The van der Waals surface area contributed by atoms with Crippen LogP contribution in [0.2, 0.25) is 5.02 Å². The molecule has 18 heavy (non-hydrogen) atoms. The zero-order valence-electron chi connectivity index (χ0n) is 10.1. The van der Waals surface area contributed by atoms with Crippen LogP contribution in [0.3, 0.4) is 0 Å². The van der Waals surface area contributed by atoms with E-state index in [1.54, 1.807) is 31.2 Å². The molecule has 0 bridgehead atoms. The lowest BCUT2D eigenvalue weighted by atomic mass is 10.1. The van der Waals surface area contributed by atoms with E-state index >= 15 is 0 Å². The van der Waals surface area contributed by atoms with Crippen molar-refractivity contribution in [2.75, 3.05) is 0 Å². The molecule has 0 aromatic heterocycles. The van der Waals surface area contributed by atoms with Crippen molar-refractivity contribution in [1.29, 1.82) is 0 Å². The number of rotatable bonds is 5. The van der Waals surface area contributed by atoms with E-state index in [4.69, 9.17) is 22.5 Å². The van der Waals surface area contributed by atoms with Gasteiger partial charge < -0.3 is 16.3 Å². The van der Waals surface area contributed by atoms with Gasteiger partial charge in [0.2, 0.25) is 5.91 Å². The van der Waals surface area contributed by atoms with Crippen LogP contribution >= 0.6 is 11.6 Å². The van der Waals surface area contributed by atoms with E-state index in [2.05, 4.69) is 10.5 Å². The normalized spacial score (nSPS) is 13.1. The molecule has 1 aromatic rings. The molecule has 0 radical (unpaired) electrons. The van der Waals surface area contributed by atoms with Gasteiger partial charge in [0.05, 0.1) is 6.42 Å². The zero-order chi connectivity index (χ0) is 13.5. The number of amides is 1. The first-order valence-corrected chi connectivity index (χ1v) is 5.89. The first-order chi connectivity index (χ1) is 8.51. The highest BCUT2D eigenvalue weighted by Gasteiger charge is 2.09. The topological polar surface area (TPSA) is 87.7 Å². The predicted molar refractivity (Wildman–Crippen MR) is 70.8 cm³/mol. The summed E-state index contributed by atoms with van der Waals surface area (Å²) in [7, 11) is 0. The fourth-order valence-corrected chi connectivity index (χ4v) is 1.65. The number of oxime groups is 1. The Bertz CT molecular complexity index is 431. The van der Waals surface area contributed by atoms with Crippen molar-refractivity contribution >= 4 is 23.3 Å². The van der Waals surface area contributed by atoms with Crippen LogP contribution in [0.4, 0.5) is 0 Å². The van der Waals surface area contributed by atoms with Crippen molar-refractivity contribution in [2.45, 2.75) is 25.8 Å². The third-order valence-electron chi connectivity index (χ3n) is 2.33. The van der Waals surface area contributed by atoms with E-state index < -0.39 is 0 Å². The second kappa shape index (κ2) is 6.86. The lowest BCUT2D eigenvalue weighted by Gasteiger charge is -2.12. The van der Waals surface area contributed by atoms with Gasteiger partial charge >= 0.3 is 0 Å². The van der Waals surface area contributed by atoms with Gasteiger partial charge in [0.1, 0.15) is 5.84 Å². The highest BCUT2D eigenvalue weighted by Crippen LogP contribution is 2.09. The summed E-state index contributed by atoms with van der Waals surface area (Å²) < 4.78 is 0. The van der Waals surface area contributed by atoms with E-state index in [0.717, 1.165) is 5.56 Å². The number of nitrogens with two attached hydrogens (primary N) is 1. The minimum Gasteiger partial charge on any atom is -0.409 e. The van der Waals surface area contributed by atoms with Gasteiger partial charge in [-0.05, 0) is 24.6 Å². The minimum atomic E-state index is -0.180. The summed E-state index contributed by atoms with van der Waals surface area (Å²) in [5.41, 5.74) is 6.24. The Hall–Kier alpha value is -1.75. The van der Waals surface area contributed by atoms with Crippen molar-refractivity contribution in [3.8, 4) is 0 Å². The molecule has 0 aliphatic heterocycles. The highest BCUT2D eigenvalue weighted by atomic mass is 35.5. The number of amidine groups is 1. The van der Waals surface area contributed by atoms with E-state index in [1.165, 1.54) is 0 Å². The smallest absolute Gasteiger partial charge is 0.224 e. The van der Waals surface area contributed by atoms with Crippen LogP contribution in [0.5, 0.6) is 0 Å². The lowest BCUT2D eigenvalue weighted by Crippen LogP contribution is -2.36. The van der Waals surface area contributed by atoms with Gasteiger partial charge in [-0.1, -0.05) is 28.9 Å². The molecule has 1 unspecified atom stereocenters. The number of hydrogen-bond acceptors (Lipinski definition) is 3. The molecule has 1 atom stereocenters. The Labute approximate surface area is 111 Å². The molecular formula is C12H16ClN3O2. The number of benzene rings is 1. The van der Waals surface area contributed by atoms with Gasteiger partial charge in [-0.3, -0.25) is 4.79 Å². The summed E-state index contributed by atoms with van der Waals surface area (Å²) in [6.07, 6.45) is 0.584. The number of hydrogen-bond donors (Lipinski definition) is 3. The summed E-state index contributed by atoms with van der Waals surface area (Å²) in [6, 6.07) is 6.90. The van der Waals surface area contributed by atoms with Gasteiger partial charge in [-0.15, -0.1) is 0 Å². The van der Waals surface area contributed by atoms with E-state index in [-0.39, 0.29) is 24.2 Å². The first kappa shape index (κ1) is 14.3. The molecule has 6 heteroatoms. The van der Waals surface area contributed by atoms with Crippen molar-refractivity contribution in [3.63, 3.8) is 0 Å². The van der Waals surface area contributed by atoms with E-state index in [0.29, 0.717) is 11.4 Å². The number of halogens is 1. The molecule has 1 aromatic carbocycles. The predicted octanol–water partition coefficient (Wildman–Crippen LogP) is 1.52. The molecule has 0 aliphatic rings. The summed E-state index contributed by atoms with van der Waals surface area (Å²) in [4.78, 5) is 11.7. The average Bonchev–Trinajstić information content (AvgIpc) is 2.31. The van der Waals surface area contributed by atoms with Gasteiger partial charge in [-0.2, -0.15) is 0 Å². The molecule has 0 saturated heterocycles. The maximum absolute atomic E-state index is 11.7. The standard InChI is InChI=1S/C12H16ClN3O2/c1-8(6-11(14)16-18)15-12(17)7-9-2-4-10(13)5-3-9/h2-5,8,18H,6-7H2,1H3,(H2,14,16)(H,15,17). The van der Waals surface area contributed by atoms with Crippen LogP contribution in [0, 0.1) is 0 Å². The summed E-state index contributed by atoms with van der Waals surface area (Å²) in [6.45, 7) is 1.79. The van der Waals surface area contributed by atoms with Crippen molar-refractivity contribution in [2.24, 2.45) is 10.9 Å². The third kappa shape index (κ3) is 5.05. The molecule has 0 aliphatic carbocycles. The summed E-state index contributed by atoms with van der Waals surface area (Å²) in [5.74, 6) is -0.0233. The van der Waals surface area contributed by atoms with Crippen LogP contribution in [0.1, 0.15) is 18.9 Å². The van der Waals surface area contributed by atoms with E-state index in [9.17, 15) is 4.79 Å². The summed E-state index contributed by atoms with van der Waals surface area (Å²) >= 11 is 5.75. The Morgan fingerprint density at radius 1 is 1.50 bits per heavy atom. The Kier molecular flexibility index (Phi) is 5.45. The Balaban J connectivity index is 2.44. The lowest BCUT2D eigenvalue weighted by molar-refractivity contribution is -0.121. The van der Waals surface area contributed by atoms with E-state index in [1.807, 2.05) is 0 Å². The van der Waals surface area contributed by atoms with Crippen LogP contribution in [-0.4, -0.2) is 23.0 Å².